The van der Waals surface area contributed by atoms with Crippen molar-refractivity contribution < 1.29 is 23.9 Å². The molecule has 2 N–H and O–H groups in total. The summed E-state index contributed by atoms with van der Waals surface area (Å²) in [6.07, 6.45) is 5.38. The van der Waals surface area contributed by atoms with Crippen molar-refractivity contribution in [2.45, 2.75) is 101 Å². The van der Waals surface area contributed by atoms with Crippen LogP contribution < -0.4 is 10.6 Å². The van der Waals surface area contributed by atoms with Gasteiger partial charge in [-0.2, -0.15) is 0 Å². The van der Waals surface area contributed by atoms with E-state index in [0.717, 1.165) is 38.5 Å². The maximum atomic E-state index is 13.5. The fourth-order valence-corrected chi connectivity index (χ4v) is 5.00. The monoisotopic (exact) mass is 420 g/mol. The van der Waals surface area contributed by atoms with Gasteiger partial charge in [-0.1, -0.05) is 12.8 Å². The normalized spacial score (nSPS) is 30.4. The number of imide groups is 1. The van der Waals surface area contributed by atoms with E-state index in [1.54, 1.807) is 25.7 Å². The molecule has 0 radical (unpaired) electrons. The minimum Gasteiger partial charge on any atom is -0.444 e. The van der Waals surface area contributed by atoms with Crippen molar-refractivity contribution in [1.29, 1.82) is 0 Å². The SMILES string of the molecule is CC(C)(C)OC(=O)N[C@H]1CCCC[C@H]2CC[C@@H](C(=O)N3C(=O)NCC34CC4)N2C1=O. The third kappa shape index (κ3) is 3.86. The maximum Gasteiger partial charge on any atom is 0.408 e. The number of rotatable bonds is 2. The Labute approximate surface area is 176 Å². The van der Waals surface area contributed by atoms with Crippen molar-refractivity contribution in [1.82, 2.24) is 20.4 Å². The zero-order chi connectivity index (χ0) is 21.7. The van der Waals surface area contributed by atoms with E-state index in [0.29, 0.717) is 19.4 Å². The summed E-state index contributed by atoms with van der Waals surface area (Å²) in [6.45, 7) is 5.80. The van der Waals surface area contributed by atoms with Crippen LogP contribution in [0.3, 0.4) is 0 Å². The Morgan fingerprint density at radius 3 is 2.47 bits per heavy atom. The molecule has 3 heterocycles. The van der Waals surface area contributed by atoms with Crippen molar-refractivity contribution in [3.05, 3.63) is 0 Å². The molecule has 0 aromatic heterocycles. The molecule has 9 nitrogen and oxygen atoms in total. The lowest BCUT2D eigenvalue weighted by atomic mass is 9.99. The predicted octanol–water partition coefficient (Wildman–Crippen LogP) is 1.90. The molecule has 4 aliphatic rings. The van der Waals surface area contributed by atoms with Crippen LogP contribution in [0.5, 0.6) is 0 Å². The van der Waals surface area contributed by atoms with Gasteiger partial charge in [0, 0.05) is 12.6 Å². The van der Waals surface area contributed by atoms with Gasteiger partial charge in [0.1, 0.15) is 17.7 Å². The summed E-state index contributed by atoms with van der Waals surface area (Å²) >= 11 is 0. The molecule has 4 rings (SSSR count). The van der Waals surface area contributed by atoms with Gasteiger partial charge in [-0.05, 0) is 59.3 Å². The van der Waals surface area contributed by atoms with Crippen molar-refractivity contribution in [2.24, 2.45) is 0 Å². The lowest BCUT2D eigenvalue weighted by Crippen LogP contribution is -2.58. The molecular weight excluding hydrogens is 388 g/mol. The molecule has 3 atom stereocenters. The van der Waals surface area contributed by atoms with Crippen LogP contribution in [0, 0.1) is 0 Å². The first-order valence-corrected chi connectivity index (χ1v) is 11.0. The summed E-state index contributed by atoms with van der Waals surface area (Å²) in [7, 11) is 0. The average molecular weight is 421 g/mol. The number of nitrogens with zero attached hydrogens (tertiary/aromatic N) is 2. The summed E-state index contributed by atoms with van der Waals surface area (Å²) in [5.74, 6) is -0.527. The van der Waals surface area contributed by atoms with Gasteiger partial charge in [0.05, 0.1) is 5.54 Å². The standard InChI is InChI=1S/C21H32N4O5/c1-20(2,3)30-19(29)23-14-7-5-4-6-13-8-9-15(24(13)16(14)26)17(27)25-18(28)22-12-21(25)10-11-21/h13-15H,4-12H2,1-3H3,(H,22,28)(H,23,29)/t13-,14-,15-/m0/s1. The molecule has 5 amide bonds. The molecule has 3 aliphatic heterocycles. The van der Waals surface area contributed by atoms with Crippen LogP contribution in [0.4, 0.5) is 9.59 Å². The van der Waals surface area contributed by atoms with Gasteiger partial charge in [0.2, 0.25) is 5.91 Å². The lowest BCUT2D eigenvalue weighted by molar-refractivity contribution is -0.146. The zero-order valence-electron chi connectivity index (χ0n) is 18.0. The van der Waals surface area contributed by atoms with Crippen LogP contribution in [0.2, 0.25) is 0 Å². The van der Waals surface area contributed by atoms with E-state index in [4.69, 9.17) is 4.74 Å². The average Bonchev–Trinajstić information content (AvgIpc) is 3.17. The number of amides is 5. The highest BCUT2D eigenvalue weighted by molar-refractivity contribution is 6.02. The second kappa shape index (κ2) is 7.42. The first kappa shape index (κ1) is 20.9. The molecule has 0 bridgehead atoms. The first-order chi connectivity index (χ1) is 14.1. The highest BCUT2D eigenvalue weighted by atomic mass is 16.6. The number of hydrogen-bond donors (Lipinski definition) is 2. The summed E-state index contributed by atoms with van der Waals surface area (Å²) in [5.41, 5.74) is -1.06. The maximum absolute atomic E-state index is 13.5. The number of ether oxygens (including phenoxy) is 1. The topological polar surface area (TPSA) is 108 Å². The highest BCUT2D eigenvalue weighted by Crippen LogP contribution is 2.45. The molecule has 30 heavy (non-hydrogen) atoms. The molecule has 1 saturated carbocycles. The summed E-state index contributed by atoms with van der Waals surface area (Å²) < 4.78 is 5.33. The minimum atomic E-state index is -0.724. The van der Waals surface area contributed by atoms with Gasteiger partial charge < -0.3 is 20.3 Å². The van der Waals surface area contributed by atoms with Gasteiger partial charge in [-0.25, -0.2) is 9.59 Å². The summed E-state index contributed by atoms with van der Waals surface area (Å²) in [5, 5.41) is 5.49. The van der Waals surface area contributed by atoms with Crippen LogP contribution in [0.1, 0.15) is 72.1 Å². The number of alkyl carbamates (subject to hydrolysis) is 1. The molecule has 3 saturated heterocycles. The van der Waals surface area contributed by atoms with Gasteiger partial charge in [-0.15, -0.1) is 0 Å². The Bertz CT molecular complexity index is 757. The van der Waals surface area contributed by atoms with Gasteiger partial charge in [0.25, 0.3) is 5.91 Å². The smallest absolute Gasteiger partial charge is 0.408 e. The molecule has 9 heteroatoms. The van der Waals surface area contributed by atoms with E-state index in [1.165, 1.54) is 4.90 Å². The second-order valence-corrected chi connectivity index (χ2v) is 10.0. The molecule has 1 spiro atoms. The Balaban J connectivity index is 1.52. The molecule has 0 unspecified atom stereocenters. The van der Waals surface area contributed by atoms with E-state index in [1.807, 2.05) is 0 Å². The third-order valence-corrected chi connectivity index (χ3v) is 6.60. The van der Waals surface area contributed by atoms with Crippen molar-refractivity contribution >= 4 is 23.9 Å². The molecular formula is C21H32N4O5. The Morgan fingerprint density at radius 2 is 1.80 bits per heavy atom. The number of carbonyl (C=O) groups excluding carboxylic acids is 4. The molecule has 4 fully saturated rings. The summed E-state index contributed by atoms with van der Waals surface area (Å²) in [6, 6.07) is -1.76. The number of nitrogens with one attached hydrogen (secondary N) is 2. The molecule has 0 aromatic rings. The first-order valence-electron chi connectivity index (χ1n) is 11.0. The highest BCUT2D eigenvalue weighted by Gasteiger charge is 2.59. The van der Waals surface area contributed by atoms with Gasteiger partial charge >= 0.3 is 12.1 Å². The number of fused-ring (bicyclic) bond motifs is 1. The van der Waals surface area contributed by atoms with E-state index < -0.39 is 29.3 Å². The number of carbonyl (C=O) groups is 4. The number of urea groups is 1. The minimum absolute atomic E-state index is 0.0319. The van der Waals surface area contributed by atoms with Gasteiger partial charge in [-0.3, -0.25) is 14.5 Å². The fraction of sp³-hybridized carbons (Fsp3) is 0.810. The molecule has 166 valence electrons. The third-order valence-electron chi connectivity index (χ3n) is 6.60. The van der Waals surface area contributed by atoms with E-state index in [-0.39, 0.29) is 23.9 Å². The van der Waals surface area contributed by atoms with Crippen molar-refractivity contribution in [3.63, 3.8) is 0 Å². The largest absolute Gasteiger partial charge is 0.444 e. The van der Waals surface area contributed by atoms with Crippen LogP contribution >= 0.6 is 0 Å². The lowest BCUT2D eigenvalue weighted by Gasteiger charge is -2.36. The number of hydrogen-bond acceptors (Lipinski definition) is 5. The second-order valence-electron chi connectivity index (χ2n) is 10.0. The Kier molecular flexibility index (Phi) is 5.18. The van der Waals surface area contributed by atoms with E-state index in [2.05, 4.69) is 10.6 Å². The zero-order valence-corrected chi connectivity index (χ0v) is 18.0. The van der Waals surface area contributed by atoms with Crippen LogP contribution in [0.25, 0.3) is 0 Å². The molecule has 0 aromatic carbocycles. The van der Waals surface area contributed by atoms with E-state index in [9.17, 15) is 19.2 Å². The molecule has 1 aliphatic carbocycles. The van der Waals surface area contributed by atoms with Crippen LogP contribution in [-0.4, -0.2) is 69.5 Å². The van der Waals surface area contributed by atoms with Crippen LogP contribution in [-0.2, 0) is 14.3 Å². The van der Waals surface area contributed by atoms with E-state index >= 15 is 0 Å². The Hall–Kier alpha value is -2.32. The quantitative estimate of drug-likeness (QED) is 0.709. The van der Waals surface area contributed by atoms with Crippen LogP contribution in [0.15, 0.2) is 0 Å². The fourth-order valence-electron chi connectivity index (χ4n) is 5.00. The Morgan fingerprint density at radius 1 is 1.10 bits per heavy atom. The van der Waals surface area contributed by atoms with Crippen molar-refractivity contribution in [2.75, 3.05) is 6.54 Å². The van der Waals surface area contributed by atoms with Gasteiger partial charge in [0.15, 0.2) is 0 Å². The predicted molar refractivity (Wildman–Crippen MR) is 107 cm³/mol. The van der Waals surface area contributed by atoms with Crippen molar-refractivity contribution in [3.8, 4) is 0 Å². The summed E-state index contributed by atoms with van der Waals surface area (Å²) in [4.78, 5) is 54.5.